The number of hydrogen-bond acceptors (Lipinski definition) is 8. The van der Waals surface area contributed by atoms with Crippen molar-refractivity contribution in [2.75, 3.05) is 56.5 Å². The first kappa shape index (κ1) is 30.5. The van der Waals surface area contributed by atoms with E-state index in [4.69, 9.17) is 4.98 Å². The van der Waals surface area contributed by atoms with Gasteiger partial charge in [-0.2, -0.15) is 5.10 Å². The second-order valence-electron chi connectivity index (χ2n) is 14.7. The fourth-order valence-electron chi connectivity index (χ4n) is 8.48. The fourth-order valence-corrected chi connectivity index (χ4v) is 8.48. The van der Waals surface area contributed by atoms with Gasteiger partial charge in [-0.05, 0) is 107 Å². The zero-order valence-corrected chi connectivity index (χ0v) is 27.7. The molecule has 1 aromatic carbocycles. The summed E-state index contributed by atoms with van der Waals surface area (Å²) in [5.74, 6) is 0.336. The number of carbonyl (C=O) groups excluding carboxylic acids is 1. The van der Waals surface area contributed by atoms with Crippen LogP contribution in [0.25, 0.3) is 22.3 Å². The zero-order chi connectivity index (χ0) is 32.1. The highest BCUT2D eigenvalue weighted by Gasteiger charge is 2.46. The Hall–Kier alpha value is -3.80. The molecule has 11 nitrogen and oxygen atoms in total. The van der Waals surface area contributed by atoms with Crippen molar-refractivity contribution in [3.05, 3.63) is 54.5 Å². The van der Waals surface area contributed by atoms with Crippen molar-refractivity contribution in [3.63, 3.8) is 0 Å². The standard InChI is InChI=1S/C36H47N9O2/c1-41-17-12-36(13-18-41)23-44(24-36)27-10-15-43(16-11-27)29-5-8-31-33(20-29)45(28-3-6-30(46)7-4-28)35(39-31)40-34(47)25-9-14-37-32(19-25)26-21-38-42(2)22-26/h5,8-9,14,19-22,27-28,30,46H,3-4,6-7,10-13,15-18,23-24H2,1-2H3,(H,39,40,47)/t28-,30+. The third-order valence-corrected chi connectivity index (χ3v) is 11.4. The second kappa shape index (κ2) is 12.3. The van der Waals surface area contributed by atoms with Gasteiger partial charge >= 0.3 is 0 Å². The number of piperidine rings is 2. The number of carbonyl (C=O) groups is 1. The Morgan fingerprint density at radius 3 is 2.43 bits per heavy atom. The molecule has 2 N–H and O–H groups in total. The number of nitrogens with zero attached hydrogens (tertiary/aromatic N) is 8. The van der Waals surface area contributed by atoms with Crippen molar-refractivity contribution in [1.82, 2.24) is 34.1 Å². The van der Waals surface area contributed by atoms with E-state index in [0.29, 0.717) is 28.7 Å². The molecular formula is C36H47N9O2. The minimum Gasteiger partial charge on any atom is -0.393 e. The lowest BCUT2D eigenvalue weighted by Crippen LogP contribution is -2.63. The summed E-state index contributed by atoms with van der Waals surface area (Å²) in [6.45, 7) is 7.16. The Labute approximate surface area is 276 Å². The molecule has 4 aromatic rings. The summed E-state index contributed by atoms with van der Waals surface area (Å²) >= 11 is 0. The highest BCUT2D eigenvalue weighted by Crippen LogP contribution is 2.43. The molecule has 3 aliphatic heterocycles. The van der Waals surface area contributed by atoms with Gasteiger partial charge in [0.05, 0.1) is 29.0 Å². The summed E-state index contributed by atoms with van der Waals surface area (Å²) in [7, 11) is 4.11. The number of imidazole rings is 1. The third kappa shape index (κ3) is 6.05. The number of hydrogen-bond donors (Lipinski definition) is 2. The second-order valence-corrected chi connectivity index (χ2v) is 14.7. The largest absolute Gasteiger partial charge is 0.393 e. The molecule has 47 heavy (non-hydrogen) atoms. The maximum absolute atomic E-state index is 13.6. The number of aliphatic hydroxyl groups is 1. The molecule has 6 heterocycles. The minimum absolute atomic E-state index is 0.154. The van der Waals surface area contributed by atoms with Crippen molar-refractivity contribution >= 4 is 28.6 Å². The van der Waals surface area contributed by atoms with E-state index < -0.39 is 0 Å². The molecule has 1 spiro atoms. The number of aliphatic hydroxyl groups excluding tert-OH is 1. The molecule has 8 rings (SSSR count). The van der Waals surface area contributed by atoms with Crippen LogP contribution >= 0.6 is 0 Å². The molecule has 4 fully saturated rings. The fraction of sp³-hybridized carbons (Fsp3) is 0.556. The quantitative estimate of drug-likeness (QED) is 0.317. The number of anilines is 2. The van der Waals surface area contributed by atoms with E-state index >= 15 is 0 Å². The monoisotopic (exact) mass is 637 g/mol. The highest BCUT2D eigenvalue weighted by molar-refractivity contribution is 6.04. The van der Waals surface area contributed by atoms with Crippen LogP contribution in [0.4, 0.5) is 11.6 Å². The van der Waals surface area contributed by atoms with Crippen molar-refractivity contribution in [3.8, 4) is 11.3 Å². The SMILES string of the molecule is CN1CCC2(CC1)CN(C1CCN(c3ccc4nc(NC(=O)c5ccnc(-c6cnn(C)c6)c5)n([C@H]5CC[C@@H](O)CC5)c4c3)CC1)C2. The van der Waals surface area contributed by atoms with Gasteiger partial charge < -0.3 is 19.5 Å². The first-order valence-electron chi connectivity index (χ1n) is 17.5. The van der Waals surface area contributed by atoms with Crippen LogP contribution in [0, 0.1) is 5.41 Å². The van der Waals surface area contributed by atoms with Gasteiger partial charge in [0.25, 0.3) is 5.91 Å². The predicted molar refractivity (Wildman–Crippen MR) is 184 cm³/mol. The molecule has 11 heteroatoms. The summed E-state index contributed by atoms with van der Waals surface area (Å²) in [5, 5.41) is 17.7. The summed E-state index contributed by atoms with van der Waals surface area (Å²) in [4.78, 5) is 30.8. The molecule has 0 bridgehead atoms. The van der Waals surface area contributed by atoms with Gasteiger partial charge in [0.1, 0.15) is 0 Å². The number of benzene rings is 1. The summed E-state index contributed by atoms with van der Waals surface area (Å²) in [6.07, 6.45) is 13.3. The van der Waals surface area contributed by atoms with Crippen LogP contribution < -0.4 is 10.2 Å². The molecule has 3 aromatic heterocycles. The lowest BCUT2D eigenvalue weighted by Gasteiger charge is -2.57. The molecule has 0 unspecified atom stereocenters. The van der Waals surface area contributed by atoms with Crippen molar-refractivity contribution in [2.24, 2.45) is 12.5 Å². The molecule has 1 amide bonds. The van der Waals surface area contributed by atoms with Crippen molar-refractivity contribution < 1.29 is 9.90 Å². The lowest BCUT2D eigenvalue weighted by atomic mass is 9.71. The van der Waals surface area contributed by atoms with Crippen molar-refractivity contribution in [2.45, 2.75) is 69.6 Å². The summed E-state index contributed by atoms with van der Waals surface area (Å²) < 4.78 is 3.95. The number of fused-ring (bicyclic) bond motifs is 1. The van der Waals surface area contributed by atoms with E-state index in [1.807, 2.05) is 13.2 Å². The molecule has 4 aliphatic rings. The zero-order valence-electron chi connectivity index (χ0n) is 27.7. The molecule has 248 valence electrons. The van der Waals surface area contributed by atoms with Gasteiger partial charge in [-0.3, -0.25) is 24.7 Å². The van der Waals surface area contributed by atoms with Crippen LogP contribution in [0.3, 0.4) is 0 Å². The number of aryl methyl sites for hydroxylation is 1. The summed E-state index contributed by atoms with van der Waals surface area (Å²) in [5.41, 5.74) is 5.79. The topological polar surface area (TPSA) is 108 Å². The van der Waals surface area contributed by atoms with Crippen LogP contribution in [-0.2, 0) is 7.05 Å². The van der Waals surface area contributed by atoms with Crippen LogP contribution in [-0.4, -0.2) is 104 Å². The van der Waals surface area contributed by atoms with Crippen LogP contribution in [0.2, 0.25) is 0 Å². The number of pyridine rings is 1. The van der Waals surface area contributed by atoms with Gasteiger partial charge in [0.15, 0.2) is 0 Å². The van der Waals surface area contributed by atoms with Crippen LogP contribution in [0.15, 0.2) is 48.9 Å². The Morgan fingerprint density at radius 2 is 1.70 bits per heavy atom. The molecule has 3 saturated heterocycles. The minimum atomic E-state index is -0.264. The normalized spacial score (nSPS) is 24.1. The maximum Gasteiger partial charge on any atom is 0.258 e. The Bertz CT molecular complexity index is 1730. The Morgan fingerprint density at radius 1 is 0.936 bits per heavy atom. The van der Waals surface area contributed by atoms with Crippen LogP contribution in [0.1, 0.15) is 67.8 Å². The van der Waals surface area contributed by atoms with Gasteiger partial charge in [-0.25, -0.2) is 4.98 Å². The van der Waals surface area contributed by atoms with Gasteiger partial charge in [-0.1, -0.05) is 0 Å². The number of aromatic nitrogens is 5. The number of rotatable bonds is 6. The lowest BCUT2D eigenvalue weighted by molar-refractivity contribution is -0.0704. The van der Waals surface area contributed by atoms with Crippen LogP contribution in [0.5, 0.6) is 0 Å². The molecule has 0 radical (unpaired) electrons. The Balaban J connectivity index is 1.00. The van der Waals surface area contributed by atoms with Crippen molar-refractivity contribution in [1.29, 1.82) is 0 Å². The molecule has 0 atom stereocenters. The molecule has 1 aliphatic carbocycles. The van der Waals surface area contributed by atoms with E-state index in [1.54, 1.807) is 29.2 Å². The average Bonchev–Trinajstić information content (AvgIpc) is 3.67. The average molecular weight is 638 g/mol. The molecular weight excluding hydrogens is 590 g/mol. The van der Waals surface area contributed by atoms with E-state index in [0.717, 1.165) is 55.4 Å². The Kier molecular flexibility index (Phi) is 8.01. The first-order chi connectivity index (χ1) is 22.8. The molecule has 1 saturated carbocycles. The third-order valence-electron chi connectivity index (χ3n) is 11.4. The van der Waals surface area contributed by atoms with Gasteiger partial charge in [-0.15, -0.1) is 0 Å². The van der Waals surface area contributed by atoms with Gasteiger partial charge in [0, 0.05) is 74.5 Å². The van der Waals surface area contributed by atoms with E-state index in [-0.39, 0.29) is 18.1 Å². The highest BCUT2D eigenvalue weighted by atomic mass is 16.3. The summed E-state index contributed by atoms with van der Waals surface area (Å²) in [6, 6.07) is 10.9. The van der Waals surface area contributed by atoms with Gasteiger partial charge in [0.2, 0.25) is 5.95 Å². The van der Waals surface area contributed by atoms with E-state index in [1.165, 1.54) is 57.5 Å². The predicted octanol–water partition coefficient (Wildman–Crippen LogP) is 4.56. The number of amides is 1. The van der Waals surface area contributed by atoms with E-state index in [2.05, 4.69) is 59.9 Å². The number of likely N-dealkylation sites (tertiary alicyclic amines) is 2. The number of nitrogens with one attached hydrogen (secondary N) is 1. The van der Waals surface area contributed by atoms with E-state index in [9.17, 15) is 9.90 Å². The first-order valence-corrected chi connectivity index (χ1v) is 17.5. The smallest absolute Gasteiger partial charge is 0.258 e. The maximum atomic E-state index is 13.6.